The van der Waals surface area contributed by atoms with Gasteiger partial charge in [-0.05, 0) is 54.6 Å². The molecular formula is C21H19Cl2N3O3S. The summed E-state index contributed by atoms with van der Waals surface area (Å²) in [5, 5.41) is 2.84. The number of rotatable bonds is 6. The van der Waals surface area contributed by atoms with Crippen LogP contribution in [-0.4, -0.2) is 28.4 Å². The number of nitrogens with zero attached hydrogens (tertiary/aromatic N) is 1. The van der Waals surface area contributed by atoms with E-state index in [0.717, 1.165) is 5.69 Å². The van der Waals surface area contributed by atoms with E-state index in [-0.39, 0.29) is 20.8 Å². The van der Waals surface area contributed by atoms with Crippen LogP contribution in [0.1, 0.15) is 10.4 Å². The van der Waals surface area contributed by atoms with Gasteiger partial charge in [-0.1, -0.05) is 35.3 Å². The average Bonchev–Trinajstić information content (AvgIpc) is 2.69. The van der Waals surface area contributed by atoms with E-state index in [1.165, 1.54) is 24.3 Å². The molecular weight excluding hydrogens is 445 g/mol. The molecule has 0 aliphatic rings. The average molecular weight is 464 g/mol. The summed E-state index contributed by atoms with van der Waals surface area (Å²) >= 11 is 12.0. The Morgan fingerprint density at radius 1 is 0.867 bits per heavy atom. The molecule has 3 aromatic carbocycles. The summed E-state index contributed by atoms with van der Waals surface area (Å²) in [6.07, 6.45) is 0. The molecule has 0 unspecified atom stereocenters. The highest BCUT2D eigenvalue weighted by Gasteiger charge is 2.21. The van der Waals surface area contributed by atoms with Crippen molar-refractivity contribution in [3.8, 4) is 0 Å². The van der Waals surface area contributed by atoms with Crippen molar-refractivity contribution in [1.29, 1.82) is 0 Å². The molecule has 3 aromatic rings. The fourth-order valence-corrected chi connectivity index (χ4v) is 4.90. The first-order valence-electron chi connectivity index (χ1n) is 8.83. The van der Waals surface area contributed by atoms with E-state index < -0.39 is 10.0 Å². The van der Waals surface area contributed by atoms with E-state index in [1.54, 1.807) is 30.3 Å². The molecule has 0 saturated carbocycles. The third-order valence-electron chi connectivity index (χ3n) is 4.21. The zero-order valence-corrected chi connectivity index (χ0v) is 18.5. The number of halogens is 2. The van der Waals surface area contributed by atoms with Crippen molar-refractivity contribution in [1.82, 2.24) is 0 Å². The number of nitrogens with one attached hydrogen (secondary N) is 2. The van der Waals surface area contributed by atoms with E-state index in [9.17, 15) is 13.2 Å². The van der Waals surface area contributed by atoms with Crippen molar-refractivity contribution in [2.75, 3.05) is 29.0 Å². The number of hydrogen-bond acceptors (Lipinski definition) is 4. The summed E-state index contributed by atoms with van der Waals surface area (Å²) in [6.45, 7) is 0. The Kier molecular flexibility index (Phi) is 6.55. The lowest BCUT2D eigenvalue weighted by Crippen LogP contribution is -2.15. The summed E-state index contributed by atoms with van der Waals surface area (Å²) in [7, 11) is -0.182. The minimum Gasteiger partial charge on any atom is -0.378 e. The van der Waals surface area contributed by atoms with Gasteiger partial charge in [-0.3, -0.25) is 9.52 Å². The zero-order chi connectivity index (χ0) is 21.9. The highest BCUT2D eigenvalue weighted by atomic mass is 35.5. The van der Waals surface area contributed by atoms with Gasteiger partial charge in [0, 0.05) is 36.7 Å². The summed E-state index contributed by atoms with van der Waals surface area (Å²) in [5.74, 6) is -0.269. The van der Waals surface area contributed by atoms with Crippen LogP contribution in [0, 0.1) is 0 Å². The van der Waals surface area contributed by atoms with E-state index >= 15 is 0 Å². The van der Waals surface area contributed by atoms with Gasteiger partial charge in [-0.15, -0.1) is 0 Å². The Bertz CT molecular complexity index is 1160. The number of hydrogen-bond donors (Lipinski definition) is 2. The second-order valence-corrected chi connectivity index (χ2v) is 9.07. The SMILES string of the molecule is CN(C)c1cccc(C(=O)Nc2ccc(NS(=O)(=O)c3c(Cl)cccc3Cl)cc2)c1. The fourth-order valence-electron chi connectivity index (χ4n) is 2.70. The molecule has 0 aliphatic heterocycles. The van der Waals surface area contributed by atoms with E-state index in [4.69, 9.17) is 23.2 Å². The zero-order valence-electron chi connectivity index (χ0n) is 16.2. The summed E-state index contributed by atoms with van der Waals surface area (Å²) in [4.78, 5) is 14.2. The number of carbonyl (C=O) groups excluding carboxylic acids is 1. The van der Waals surface area contributed by atoms with Gasteiger partial charge in [0.25, 0.3) is 15.9 Å². The van der Waals surface area contributed by atoms with Crippen molar-refractivity contribution < 1.29 is 13.2 Å². The van der Waals surface area contributed by atoms with Crippen molar-refractivity contribution in [2.24, 2.45) is 0 Å². The van der Waals surface area contributed by atoms with Gasteiger partial charge in [0.05, 0.1) is 10.0 Å². The Hall–Kier alpha value is -2.74. The first kappa shape index (κ1) is 22.0. The van der Waals surface area contributed by atoms with Crippen molar-refractivity contribution >= 4 is 56.2 Å². The maximum absolute atomic E-state index is 12.6. The topological polar surface area (TPSA) is 78.5 Å². The molecule has 0 bridgehead atoms. The van der Waals surface area contributed by atoms with Gasteiger partial charge in [0.15, 0.2) is 0 Å². The molecule has 6 nitrogen and oxygen atoms in total. The molecule has 0 atom stereocenters. The van der Waals surface area contributed by atoms with E-state index in [1.807, 2.05) is 31.1 Å². The maximum atomic E-state index is 12.6. The highest BCUT2D eigenvalue weighted by molar-refractivity contribution is 7.93. The summed E-state index contributed by atoms with van der Waals surface area (Å²) in [6, 6.07) is 17.9. The van der Waals surface area contributed by atoms with Crippen molar-refractivity contribution in [3.63, 3.8) is 0 Å². The number of sulfonamides is 1. The molecule has 0 fully saturated rings. The molecule has 0 heterocycles. The van der Waals surface area contributed by atoms with Gasteiger partial charge < -0.3 is 10.2 Å². The fraction of sp³-hybridized carbons (Fsp3) is 0.0952. The van der Waals surface area contributed by atoms with E-state index in [2.05, 4.69) is 10.0 Å². The Labute approximate surface area is 185 Å². The molecule has 0 spiro atoms. The lowest BCUT2D eigenvalue weighted by Gasteiger charge is -2.14. The van der Waals surface area contributed by atoms with Crippen LogP contribution >= 0.6 is 23.2 Å². The molecule has 0 aromatic heterocycles. The molecule has 0 saturated heterocycles. The number of amides is 1. The number of carbonyl (C=O) groups is 1. The predicted molar refractivity (Wildman–Crippen MR) is 122 cm³/mol. The number of anilines is 3. The van der Waals surface area contributed by atoms with Crippen LogP contribution in [0.5, 0.6) is 0 Å². The van der Waals surface area contributed by atoms with Crippen LogP contribution < -0.4 is 14.9 Å². The first-order valence-corrected chi connectivity index (χ1v) is 11.1. The molecule has 1 amide bonds. The quantitative estimate of drug-likeness (QED) is 0.531. The van der Waals surface area contributed by atoms with Gasteiger partial charge in [0.1, 0.15) is 4.90 Å². The molecule has 0 aliphatic carbocycles. The third kappa shape index (κ3) is 5.05. The van der Waals surface area contributed by atoms with Gasteiger partial charge >= 0.3 is 0 Å². The van der Waals surface area contributed by atoms with E-state index in [0.29, 0.717) is 16.9 Å². The largest absolute Gasteiger partial charge is 0.378 e. The third-order valence-corrected chi connectivity index (χ3v) is 6.54. The Balaban J connectivity index is 1.74. The Morgan fingerprint density at radius 2 is 1.43 bits per heavy atom. The van der Waals surface area contributed by atoms with Crippen LogP contribution in [0.4, 0.5) is 17.1 Å². The molecule has 30 heavy (non-hydrogen) atoms. The van der Waals surface area contributed by atoms with Crippen LogP contribution in [0.25, 0.3) is 0 Å². The number of benzene rings is 3. The monoisotopic (exact) mass is 463 g/mol. The summed E-state index contributed by atoms with van der Waals surface area (Å²) in [5.41, 5.74) is 2.25. The predicted octanol–water partition coefficient (Wildman–Crippen LogP) is 5.11. The maximum Gasteiger partial charge on any atom is 0.264 e. The molecule has 9 heteroatoms. The standard InChI is InChI=1S/C21H19Cl2N3O3S/c1-26(2)17-6-3-5-14(13-17)21(27)24-15-9-11-16(12-10-15)25-30(28,29)20-18(22)7-4-8-19(20)23/h3-13,25H,1-2H3,(H,24,27). The highest BCUT2D eigenvalue weighted by Crippen LogP contribution is 2.30. The minimum absolute atomic E-state index is 0.0267. The second kappa shape index (κ2) is 8.95. The Morgan fingerprint density at radius 3 is 2.03 bits per heavy atom. The van der Waals surface area contributed by atoms with Gasteiger partial charge in [0.2, 0.25) is 0 Å². The lowest BCUT2D eigenvalue weighted by atomic mass is 10.1. The van der Waals surface area contributed by atoms with Gasteiger partial charge in [-0.25, -0.2) is 8.42 Å². The van der Waals surface area contributed by atoms with Crippen LogP contribution in [0.2, 0.25) is 10.0 Å². The van der Waals surface area contributed by atoms with Crippen LogP contribution in [0.15, 0.2) is 71.6 Å². The normalized spacial score (nSPS) is 11.1. The van der Waals surface area contributed by atoms with Crippen LogP contribution in [0.3, 0.4) is 0 Å². The summed E-state index contributed by atoms with van der Waals surface area (Å²) < 4.78 is 27.7. The van der Waals surface area contributed by atoms with Crippen molar-refractivity contribution in [3.05, 3.63) is 82.3 Å². The van der Waals surface area contributed by atoms with Gasteiger partial charge in [-0.2, -0.15) is 0 Å². The molecule has 0 radical (unpaired) electrons. The van der Waals surface area contributed by atoms with Crippen LogP contribution in [-0.2, 0) is 10.0 Å². The second-order valence-electron chi connectivity index (χ2n) is 6.63. The first-order chi connectivity index (χ1) is 14.2. The van der Waals surface area contributed by atoms with Crippen molar-refractivity contribution in [2.45, 2.75) is 4.90 Å². The molecule has 2 N–H and O–H groups in total. The smallest absolute Gasteiger partial charge is 0.264 e. The molecule has 156 valence electrons. The minimum atomic E-state index is -3.97. The lowest BCUT2D eigenvalue weighted by molar-refractivity contribution is 0.102. The molecule has 3 rings (SSSR count).